The lowest BCUT2D eigenvalue weighted by atomic mass is 9.89. The van der Waals surface area contributed by atoms with E-state index in [2.05, 4.69) is 10.1 Å². The molecule has 3 rings (SSSR count). The van der Waals surface area contributed by atoms with Crippen LogP contribution in [0.25, 0.3) is 0 Å². The van der Waals surface area contributed by atoms with E-state index in [4.69, 9.17) is 0 Å². The number of amides is 1. The molecule has 0 N–H and O–H groups in total. The second kappa shape index (κ2) is 7.89. The topological polar surface area (TPSA) is 68.1 Å². The number of hydrogen-bond donors (Lipinski definition) is 0. The van der Waals surface area contributed by atoms with Crippen LogP contribution in [0.3, 0.4) is 0 Å². The molecule has 1 aliphatic heterocycles. The maximum absolute atomic E-state index is 12.7. The van der Waals surface area contributed by atoms with Gasteiger partial charge in [0.15, 0.2) is 5.78 Å². The average Bonchev–Trinajstić information content (AvgIpc) is 3.18. The number of ketones is 1. The summed E-state index contributed by atoms with van der Waals surface area (Å²) in [6.07, 6.45) is 0.0493. The van der Waals surface area contributed by atoms with E-state index in [1.54, 1.807) is 9.58 Å². The molecule has 2 heterocycles. The molecule has 0 spiro atoms. The quantitative estimate of drug-likeness (QED) is 0.748. The zero-order chi connectivity index (χ0) is 19.4. The van der Waals surface area contributed by atoms with Gasteiger partial charge in [0.05, 0.1) is 12.1 Å². The van der Waals surface area contributed by atoms with Crippen LogP contribution in [0.4, 0.5) is 13.2 Å². The summed E-state index contributed by atoms with van der Waals surface area (Å²) >= 11 is 0. The summed E-state index contributed by atoms with van der Waals surface area (Å²) in [6, 6.07) is 4.24. The number of likely N-dealkylation sites (tertiary alicyclic amines) is 1. The van der Waals surface area contributed by atoms with Crippen molar-refractivity contribution in [3.8, 4) is 0 Å². The highest BCUT2D eigenvalue weighted by Crippen LogP contribution is 2.30. The molecule has 1 atom stereocenters. The first-order valence-corrected chi connectivity index (χ1v) is 8.66. The van der Waals surface area contributed by atoms with Gasteiger partial charge in [-0.1, -0.05) is 12.1 Å². The molecule has 1 fully saturated rings. The summed E-state index contributed by atoms with van der Waals surface area (Å²) in [5, 5.41) is 3.94. The molecule has 1 saturated heterocycles. The van der Waals surface area contributed by atoms with Gasteiger partial charge >= 0.3 is 6.18 Å². The highest BCUT2D eigenvalue weighted by atomic mass is 19.4. The molecule has 27 heavy (non-hydrogen) atoms. The number of aryl methyl sites for hydroxylation is 1. The molecule has 9 heteroatoms. The number of alkyl halides is 3. The Morgan fingerprint density at radius 2 is 1.93 bits per heavy atom. The predicted molar refractivity (Wildman–Crippen MR) is 89.7 cm³/mol. The Bertz CT molecular complexity index is 788. The molecule has 1 amide bonds. The van der Waals surface area contributed by atoms with Crippen molar-refractivity contribution in [2.24, 2.45) is 5.92 Å². The van der Waals surface area contributed by atoms with E-state index in [0.717, 1.165) is 12.1 Å². The van der Waals surface area contributed by atoms with Crippen LogP contribution in [-0.2, 0) is 17.5 Å². The number of carbonyl (C=O) groups is 2. The third-order valence-electron chi connectivity index (χ3n) is 4.66. The van der Waals surface area contributed by atoms with Crippen molar-refractivity contribution in [1.82, 2.24) is 19.7 Å². The molecule has 1 aromatic heterocycles. The molecular formula is C18H19F3N4O2. The highest BCUT2D eigenvalue weighted by Gasteiger charge is 2.32. The number of Topliss-reactive ketones (excluding diaryl/α,β-unsaturated/α-hetero) is 1. The molecule has 2 aromatic rings. The lowest BCUT2D eigenvalue weighted by Gasteiger charge is -2.32. The van der Waals surface area contributed by atoms with Crippen molar-refractivity contribution in [3.05, 3.63) is 48.0 Å². The monoisotopic (exact) mass is 380 g/mol. The number of nitrogens with zero attached hydrogens (tertiary/aromatic N) is 4. The summed E-state index contributed by atoms with van der Waals surface area (Å²) in [6.45, 7) is 1.27. The van der Waals surface area contributed by atoms with Crippen LogP contribution in [0.1, 0.15) is 35.2 Å². The van der Waals surface area contributed by atoms with E-state index in [9.17, 15) is 22.8 Å². The Morgan fingerprint density at radius 1 is 1.19 bits per heavy atom. The molecule has 0 unspecified atom stereocenters. The summed E-state index contributed by atoms with van der Waals surface area (Å²) < 4.78 is 39.5. The number of aromatic nitrogens is 3. The molecule has 1 aromatic carbocycles. The van der Waals surface area contributed by atoms with Gasteiger partial charge in [-0.3, -0.25) is 14.3 Å². The normalized spacial score (nSPS) is 17.7. The van der Waals surface area contributed by atoms with Gasteiger partial charge in [-0.25, -0.2) is 4.98 Å². The summed E-state index contributed by atoms with van der Waals surface area (Å²) in [5.74, 6) is -0.696. The largest absolute Gasteiger partial charge is 0.416 e. The predicted octanol–water partition coefficient (Wildman–Crippen LogP) is 2.81. The first-order valence-electron chi connectivity index (χ1n) is 8.66. The van der Waals surface area contributed by atoms with E-state index < -0.39 is 17.7 Å². The maximum atomic E-state index is 12.7. The Balaban J connectivity index is 1.59. The molecule has 144 valence electrons. The Labute approximate surface area is 154 Å². The van der Waals surface area contributed by atoms with Crippen molar-refractivity contribution in [3.63, 3.8) is 0 Å². The Hall–Kier alpha value is -2.71. The maximum Gasteiger partial charge on any atom is 0.416 e. The standard InChI is InChI=1S/C18H19F3N4O2/c19-18(20,21)15-5-3-13(4-6-15)17(27)14-2-1-8-24(10-14)16(26)7-9-25-12-22-11-23-25/h3-6,11-12,14H,1-2,7-10H2/t14-/m1/s1. The van der Waals surface area contributed by atoms with E-state index in [1.807, 2.05) is 0 Å². The second-order valence-electron chi connectivity index (χ2n) is 6.53. The van der Waals surface area contributed by atoms with Gasteiger partial charge in [-0.15, -0.1) is 0 Å². The molecule has 0 aliphatic carbocycles. The van der Waals surface area contributed by atoms with Gasteiger partial charge in [0.1, 0.15) is 12.7 Å². The second-order valence-corrected chi connectivity index (χ2v) is 6.53. The zero-order valence-corrected chi connectivity index (χ0v) is 14.5. The van der Waals surface area contributed by atoms with E-state index in [1.165, 1.54) is 24.8 Å². The van der Waals surface area contributed by atoms with Gasteiger partial charge in [-0.2, -0.15) is 18.3 Å². The van der Waals surface area contributed by atoms with Crippen LogP contribution in [0.5, 0.6) is 0 Å². The SMILES string of the molecule is O=C(c1ccc(C(F)(F)F)cc1)[C@@H]1CCCN(C(=O)CCn2cncn2)C1. The molecular weight excluding hydrogens is 361 g/mol. The van der Waals surface area contributed by atoms with E-state index in [0.29, 0.717) is 25.9 Å². The number of benzene rings is 1. The molecule has 0 radical (unpaired) electrons. The summed E-state index contributed by atoms with van der Waals surface area (Å²) in [4.78, 5) is 30.5. The van der Waals surface area contributed by atoms with Crippen LogP contribution >= 0.6 is 0 Å². The van der Waals surface area contributed by atoms with Gasteiger partial charge in [-0.05, 0) is 25.0 Å². The van der Waals surface area contributed by atoms with E-state index in [-0.39, 0.29) is 30.2 Å². The van der Waals surface area contributed by atoms with Crippen LogP contribution in [-0.4, -0.2) is 44.4 Å². The Morgan fingerprint density at radius 3 is 2.56 bits per heavy atom. The number of hydrogen-bond acceptors (Lipinski definition) is 4. The van der Waals surface area contributed by atoms with Crippen molar-refractivity contribution < 1.29 is 22.8 Å². The van der Waals surface area contributed by atoms with Crippen molar-refractivity contribution in [2.75, 3.05) is 13.1 Å². The molecule has 0 saturated carbocycles. The van der Waals surface area contributed by atoms with Gasteiger partial charge in [0.25, 0.3) is 0 Å². The van der Waals surface area contributed by atoms with Crippen LogP contribution in [0, 0.1) is 5.92 Å². The smallest absolute Gasteiger partial charge is 0.342 e. The fourth-order valence-corrected chi connectivity index (χ4v) is 3.19. The minimum absolute atomic E-state index is 0.0737. The van der Waals surface area contributed by atoms with E-state index >= 15 is 0 Å². The average molecular weight is 380 g/mol. The van der Waals surface area contributed by atoms with Gasteiger partial charge in [0, 0.05) is 31.0 Å². The zero-order valence-electron chi connectivity index (χ0n) is 14.5. The molecule has 1 aliphatic rings. The van der Waals surface area contributed by atoms with Crippen LogP contribution in [0.15, 0.2) is 36.9 Å². The molecule has 6 nitrogen and oxygen atoms in total. The summed E-state index contributed by atoms with van der Waals surface area (Å²) in [7, 11) is 0. The minimum atomic E-state index is -4.43. The lowest BCUT2D eigenvalue weighted by molar-refractivity contribution is -0.137. The highest BCUT2D eigenvalue weighted by molar-refractivity contribution is 5.98. The van der Waals surface area contributed by atoms with Crippen molar-refractivity contribution in [2.45, 2.75) is 32.0 Å². The van der Waals surface area contributed by atoms with Crippen LogP contribution < -0.4 is 0 Å². The third-order valence-corrected chi connectivity index (χ3v) is 4.66. The minimum Gasteiger partial charge on any atom is -0.342 e. The lowest BCUT2D eigenvalue weighted by Crippen LogP contribution is -2.42. The molecule has 0 bridgehead atoms. The first-order chi connectivity index (χ1) is 12.8. The first kappa shape index (κ1) is 19.1. The van der Waals surface area contributed by atoms with Gasteiger partial charge in [0.2, 0.25) is 5.91 Å². The van der Waals surface area contributed by atoms with Crippen LogP contribution in [0.2, 0.25) is 0 Å². The third kappa shape index (κ3) is 4.72. The summed E-state index contributed by atoms with van der Waals surface area (Å²) in [5.41, 5.74) is -0.544. The fourth-order valence-electron chi connectivity index (χ4n) is 3.19. The number of halogens is 3. The fraction of sp³-hybridized carbons (Fsp3) is 0.444. The van der Waals surface area contributed by atoms with Crippen molar-refractivity contribution >= 4 is 11.7 Å². The number of carbonyl (C=O) groups excluding carboxylic acids is 2. The number of rotatable bonds is 5. The number of piperidine rings is 1. The van der Waals surface area contributed by atoms with Crippen molar-refractivity contribution in [1.29, 1.82) is 0 Å². The Kier molecular flexibility index (Phi) is 5.57. The van der Waals surface area contributed by atoms with Gasteiger partial charge < -0.3 is 4.90 Å².